The summed E-state index contributed by atoms with van der Waals surface area (Å²) >= 11 is 0. The molecule has 4 heteroatoms. The van der Waals surface area contributed by atoms with Crippen LogP contribution >= 0.6 is 0 Å². The monoisotopic (exact) mass is 339 g/mol. The van der Waals surface area contributed by atoms with Gasteiger partial charge in [0.05, 0.1) is 20.8 Å². The van der Waals surface area contributed by atoms with Crippen LogP contribution in [-0.4, -0.2) is 33.9 Å². The second-order valence-corrected chi connectivity index (χ2v) is 6.69. The Morgan fingerprint density at radius 2 is 1.64 bits per heavy atom. The van der Waals surface area contributed by atoms with Gasteiger partial charge in [0.15, 0.2) is 11.5 Å². The molecule has 4 nitrogen and oxygen atoms in total. The maximum absolute atomic E-state index is 6.12. The second-order valence-electron chi connectivity index (χ2n) is 6.69. The van der Waals surface area contributed by atoms with Gasteiger partial charge in [-0.2, -0.15) is 0 Å². The maximum atomic E-state index is 6.12. The van der Waals surface area contributed by atoms with Gasteiger partial charge >= 0.3 is 0 Å². The lowest BCUT2D eigenvalue weighted by atomic mass is 9.92. The molecule has 2 aromatic rings. The largest absolute Gasteiger partial charge is 0.493 e. The van der Waals surface area contributed by atoms with Crippen LogP contribution < -0.4 is 14.4 Å². The molecular weight excluding hydrogens is 314 g/mol. The molecule has 0 unspecified atom stereocenters. The maximum Gasteiger partial charge on any atom is 0.161 e. The molecule has 0 N–H and O–H groups in total. The predicted molar refractivity (Wildman–Crippen MR) is 98.9 cm³/mol. The highest BCUT2D eigenvalue weighted by molar-refractivity contribution is 5.53. The molecule has 0 radical (unpaired) electrons. The lowest BCUT2D eigenvalue weighted by Crippen LogP contribution is -2.19. The van der Waals surface area contributed by atoms with Crippen molar-refractivity contribution in [3.05, 3.63) is 53.1 Å². The highest BCUT2D eigenvalue weighted by Gasteiger charge is 2.25. The average molecular weight is 339 g/mol. The standard InChI is InChI=1S/C21H25NO3/c1-23-19-13-16-9-12-25-21(18(16)14-20(19)24-2)15-5-7-17(8-6-15)22-10-3-4-11-22/h5-8,13-14,21H,3-4,9-12H2,1-2H3/t21-/m1/s1. The van der Waals surface area contributed by atoms with Crippen molar-refractivity contribution in [1.29, 1.82) is 0 Å². The molecule has 1 atom stereocenters. The van der Waals surface area contributed by atoms with E-state index in [0.717, 1.165) is 24.5 Å². The van der Waals surface area contributed by atoms with E-state index in [2.05, 4.69) is 41.3 Å². The van der Waals surface area contributed by atoms with Gasteiger partial charge in [0.25, 0.3) is 0 Å². The number of rotatable bonds is 4. The summed E-state index contributed by atoms with van der Waals surface area (Å²) in [5.74, 6) is 1.54. The Morgan fingerprint density at radius 1 is 0.960 bits per heavy atom. The molecule has 0 saturated carbocycles. The molecule has 0 amide bonds. The van der Waals surface area contributed by atoms with E-state index in [1.165, 1.54) is 48.3 Å². The molecule has 25 heavy (non-hydrogen) atoms. The predicted octanol–water partition coefficient (Wildman–Crippen LogP) is 3.97. The second kappa shape index (κ2) is 6.96. The number of nitrogens with zero attached hydrogens (tertiary/aromatic N) is 1. The molecule has 2 aromatic carbocycles. The summed E-state index contributed by atoms with van der Waals surface area (Å²) in [5.41, 5.74) is 4.95. The minimum atomic E-state index is -0.0452. The molecule has 4 rings (SSSR count). The first-order valence-electron chi connectivity index (χ1n) is 9.01. The third-order valence-corrected chi connectivity index (χ3v) is 5.25. The van der Waals surface area contributed by atoms with Crippen LogP contribution in [0.25, 0.3) is 0 Å². The molecule has 132 valence electrons. The third-order valence-electron chi connectivity index (χ3n) is 5.25. The molecule has 1 saturated heterocycles. The van der Waals surface area contributed by atoms with E-state index in [0.29, 0.717) is 0 Å². The average Bonchev–Trinajstić information content (AvgIpc) is 3.21. The van der Waals surface area contributed by atoms with Crippen LogP contribution in [-0.2, 0) is 11.2 Å². The van der Waals surface area contributed by atoms with E-state index < -0.39 is 0 Å². The summed E-state index contributed by atoms with van der Waals surface area (Å²) in [6, 6.07) is 13.0. The normalized spacial score (nSPS) is 19.6. The first-order valence-corrected chi connectivity index (χ1v) is 9.01. The summed E-state index contributed by atoms with van der Waals surface area (Å²) in [4.78, 5) is 2.45. The fourth-order valence-electron chi connectivity index (χ4n) is 3.88. The Balaban J connectivity index is 1.66. The summed E-state index contributed by atoms with van der Waals surface area (Å²) < 4.78 is 17.0. The number of fused-ring (bicyclic) bond motifs is 1. The molecule has 0 aliphatic carbocycles. The van der Waals surface area contributed by atoms with Crippen LogP contribution in [0.4, 0.5) is 5.69 Å². The topological polar surface area (TPSA) is 30.9 Å². The molecule has 2 aliphatic rings. The lowest BCUT2D eigenvalue weighted by Gasteiger charge is -2.28. The Hall–Kier alpha value is -2.20. The number of hydrogen-bond donors (Lipinski definition) is 0. The van der Waals surface area contributed by atoms with E-state index in [1.807, 2.05) is 0 Å². The molecule has 0 bridgehead atoms. The Kier molecular flexibility index (Phi) is 4.53. The van der Waals surface area contributed by atoms with Gasteiger partial charge in [0.1, 0.15) is 6.10 Å². The number of ether oxygens (including phenoxy) is 3. The zero-order chi connectivity index (χ0) is 17.2. The van der Waals surface area contributed by atoms with Gasteiger partial charge in [-0.1, -0.05) is 12.1 Å². The highest BCUT2D eigenvalue weighted by atomic mass is 16.5. The van der Waals surface area contributed by atoms with E-state index in [9.17, 15) is 0 Å². The molecule has 0 aromatic heterocycles. The number of methoxy groups -OCH3 is 2. The lowest BCUT2D eigenvalue weighted by molar-refractivity contribution is 0.0695. The molecule has 2 aliphatic heterocycles. The van der Waals surface area contributed by atoms with Crippen molar-refractivity contribution >= 4 is 5.69 Å². The smallest absolute Gasteiger partial charge is 0.161 e. The van der Waals surface area contributed by atoms with Crippen LogP contribution in [0.15, 0.2) is 36.4 Å². The zero-order valence-corrected chi connectivity index (χ0v) is 15.0. The zero-order valence-electron chi connectivity index (χ0n) is 15.0. The van der Waals surface area contributed by atoms with Crippen LogP contribution in [0.2, 0.25) is 0 Å². The quantitative estimate of drug-likeness (QED) is 0.843. The van der Waals surface area contributed by atoms with Gasteiger partial charge in [-0.05, 0) is 60.2 Å². The van der Waals surface area contributed by atoms with E-state index >= 15 is 0 Å². The Morgan fingerprint density at radius 3 is 2.32 bits per heavy atom. The van der Waals surface area contributed by atoms with Crippen LogP contribution in [0.3, 0.4) is 0 Å². The van der Waals surface area contributed by atoms with Crippen LogP contribution in [0, 0.1) is 0 Å². The minimum absolute atomic E-state index is 0.0452. The van der Waals surface area contributed by atoms with Gasteiger partial charge < -0.3 is 19.1 Å². The minimum Gasteiger partial charge on any atom is -0.493 e. The summed E-state index contributed by atoms with van der Waals surface area (Å²) in [6.45, 7) is 3.05. The van der Waals surface area contributed by atoms with Crippen molar-refractivity contribution in [3.8, 4) is 11.5 Å². The Bertz CT molecular complexity index is 736. The van der Waals surface area contributed by atoms with E-state index in [4.69, 9.17) is 14.2 Å². The first kappa shape index (κ1) is 16.3. The third kappa shape index (κ3) is 3.07. The summed E-state index contributed by atoms with van der Waals surface area (Å²) in [7, 11) is 3.35. The van der Waals surface area contributed by atoms with Gasteiger partial charge in [0, 0.05) is 18.8 Å². The van der Waals surface area contributed by atoms with Gasteiger partial charge in [-0.3, -0.25) is 0 Å². The van der Waals surface area contributed by atoms with E-state index in [-0.39, 0.29) is 6.10 Å². The number of benzene rings is 2. The Labute approximate surface area is 149 Å². The fourth-order valence-corrected chi connectivity index (χ4v) is 3.88. The highest BCUT2D eigenvalue weighted by Crippen LogP contribution is 2.40. The number of hydrogen-bond acceptors (Lipinski definition) is 4. The molecule has 2 heterocycles. The van der Waals surface area contributed by atoms with Gasteiger partial charge in [-0.15, -0.1) is 0 Å². The fraction of sp³-hybridized carbons (Fsp3) is 0.429. The molecule has 1 fully saturated rings. The SMILES string of the molecule is COc1cc2c(cc1OC)[C@@H](c1ccc(N3CCCC3)cc1)OCC2. The van der Waals surface area contributed by atoms with Crippen LogP contribution in [0.1, 0.15) is 35.6 Å². The molecular formula is C21H25NO3. The van der Waals surface area contributed by atoms with Gasteiger partial charge in [-0.25, -0.2) is 0 Å². The number of anilines is 1. The van der Waals surface area contributed by atoms with Crippen molar-refractivity contribution in [2.45, 2.75) is 25.4 Å². The van der Waals surface area contributed by atoms with Crippen molar-refractivity contribution in [2.24, 2.45) is 0 Å². The van der Waals surface area contributed by atoms with Crippen molar-refractivity contribution < 1.29 is 14.2 Å². The first-order chi connectivity index (χ1) is 12.3. The van der Waals surface area contributed by atoms with Gasteiger partial charge in [0.2, 0.25) is 0 Å². The van der Waals surface area contributed by atoms with E-state index in [1.54, 1.807) is 14.2 Å². The van der Waals surface area contributed by atoms with Crippen molar-refractivity contribution in [1.82, 2.24) is 0 Å². The van der Waals surface area contributed by atoms with Crippen molar-refractivity contribution in [2.75, 3.05) is 38.8 Å². The van der Waals surface area contributed by atoms with Crippen molar-refractivity contribution in [3.63, 3.8) is 0 Å². The van der Waals surface area contributed by atoms with Crippen LogP contribution in [0.5, 0.6) is 11.5 Å². The summed E-state index contributed by atoms with van der Waals surface area (Å²) in [6.07, 6.45) is 3.44. The molecule has 0 spiro atoms. The summed E-state index contributed by atoms with van der Waals surface area (Å²) in [5, 5.41) is 0.